The lowest BCUT2D eigenvalue weighted by atomic mass is 9.94. The van der Waals surface area contributed by atoms with Gasteiger partial charge in [-0.1, -0.05) is 26.4 Å². The molecule has 0 saturated heterocycles. The van der Waals surface area contributed by atoms with Crippen LogP contribution in [0.5, 0.6) is 5.75 Å². The molecule has 1 aromatic heterocycles. The maximum atomic E-state index is 12.9. The van der Waals surface area contributed by atoms with Gasteiger partial charge < -0.3 is 9.57 Å². The number of hydrogen-bond donors (Lipinski definition) is 1. The van der Waals surface area contributed by atoms with E-state index in [0.717, 1.165) is 25.3 Å². The number of pyridine rings is 1. The minimum absolute atomic E-state index is 0.209. The number of hydrogen-bond acceptors (Lipinski definition) is 5. The molecule has 1 atom stereocenters. The van der Waals surface area contributed by atoms with Crippen LogP contribution >= 0.6 is 0 Å². The van der Waals surface area contributed by atoms with Crippen LogP contribution < -0.4 is 15.3 Å². The van der Waals surface area contributed by atoms with Crippen molar-refractivity contribution in [3.8, 4) is 5.75 Å². The Balaban J connectivity index is 1.87. The van der Waals surface area contributed by atoms with Crippen molar-refractivity contribution in [2.24, 2.45) is 5.41 Å². The van der Waals surface area contributed by atoms with E-state index < -0.39 is 12.3 Å². The molecule has 1 aliphatic heterocycles. The summed E-state index contributed by atoms with van der Waals surface area (Å²) < 4.78 is 43.8. The molecule has 2 heterocycles. The number of allylic oxidation sites excluding steroid dienone is 1. The van der Waals surface area contributed by atoms with Crippen molar-refractivity contribution in [3.63, 3.8) is 0 Å². The van der Waals surface area contributed by atoms with Gasteiger partial charge in [0.1, 0.15) is 11.5 Å². The molecule has 0 aromatic carbocycles. The highest BCUT2D eigenvalue weighted by Gasteiger charge is 2.39. The molecule has 1 aromatic rings. The number of nitrogens with one attached hydrogen (secondary N) is 1. The van der Waals surface area contributed by atoms with Gasteiger partial charge in [-0.3, -0.25) is 0 Å². The van der Waals surface area contributed by atoms with Crippen molar-refractivity contribution < 1.29 is 22.7 Å². The molecule has 1 fully saturated rings. The molecule has 5 nitrogen and oxygen atoms in total. The smallest absolute Gasteiger partial charge is 0.425 e. The van der Waals surface area contributed by atoms with E-state index in [0.29, 0.717) is 11.6 Å². The highest BCUT2D eigenvalue weighted by molar-refractivity contribution is 5.51. The molecule has 1 aliphatic carbocycles. The van der Waals surface area contributed by atoms with Crippen LogP contribution in [0.3, 0.4) is 0 Å². The zero-order chi connectivity index (χ0) is 18.4. The Hall–Kier alpha value is -1.96. The van der Waals surface area contributed by atoms with Crippen LogP contribution in [0.4, 0.5) is 19.0 Å². The van der Waals surface area contributed by atoms with E-state index in [1.54, 1.807) is 12.4 Å². The fourth-order valence-electron chi connectivity index (χ4n) is 2.36. The fraction of sp³-hybridized carbons (Fsp3) is 0.588. The first-order valence-corrected chi connectivity index (χ1v) is 8.23. The first kappa shape index (κ1) is 17.8. The van der Waals surface area contributed by atoms with E-state index in [1.165, 1.54) is 11.1 Å². The zero-order valence-electron chi connectivity index (χ0n) is 14.6. The van der Waals surface area contributed by atoms with E-state index in [9.17, 15) is 13.2 Å². The molecular formula is C17H22F3N3O2. The Morgan fingerprint density at radius 1 is 1.32 bits per heavy atom. The first-order chi connectivity index (χ1) is 11.6. The van der Waals surface area contributed by atoms with Gasteiger partial charge in [-0.15, -0.1) is 0 Å². The van der Waals surface area contributed by atoms with Crippen molar-refractivity contribution in [1.82, 2.24) is 10.6 Å². The Morgan fingerprint density at radius 3 is 2.52 bits per heavy atom. The van der Waals surface area contributed by atoms with Crippen molar-refractivity contribution >= 4 is 5.82 Å². The number of alkyl halides is 3. The van der Waals surface area contributed by atoms with Gasteiger partial charge in [0.15, 0.2) is 11.9 Å². The van der Waals surface area contributed by atoms with Gasteiger partial charge in [0.05, 0.1) is 6.20 Å². The predicted octanol–water partition coefficient (Wildman–Crippen LogP) is 4.43. The quantitative estimate of drug-likeness (QED) is 0.864. The van der Waals surface area contributed by atoms with Gasteiger partial charge in [0.25, 0.3) is 0 Å². The minimum Gasteiger partial charge on any atom is -0.481 e. The van der Waals surface area contributed by atoms with Gasteiger partial charge in [-0.05, 0) is 25.7 Å². The zero-order valence-corrected chi connectivity index (χ0v) is 14.6. The molecule has 1 N–H and O–H groups in total. The molecule has 3 rings (SSSR count). The van der Waals surface area contributed by atoms with Crippen molar-refractivity contribution in [2.75, 3.05) is 5.01 Å². The van der Waals surface area contributed by atoms with E-state index >= 15 is 0 Å². The van der Waals surface area contributed by atoms with Crippen molar-refractivity contribution in [2.45, 2.75) is 58.7 Å². The Kier molecular flexibility index (Phi) is 4.35. The molecule has 0 spiro atoms. The average Bonchev–Trinajstić information content (AvgIpc) is 3.20. The lowest BCUT2D eigenvalue weighted by Crippen LogP contribution is -2.32. The summed E-state index contributed by atoms with van der Waals surface area (Å²) in [5, 5.41) is 1.53. The average molecular weight is 357 g/mol. The largest absolute Gasteiger partial charge is 0.481 e. The van der Waals surface area contributed by atoms with Crippen LogP contribution in [0.15, 0.2) is 24.2 Å². The number of hydrazine groups is 1. The summed E-state index contributed by atoms with van der Waals surface area (Å²) in [6.45, 7) is 6.99. The van der Waals surface area contributed by atoms with Gasteiger partial charge in [-0.25, -0.2) is 9.99 Å². The second kappa shape index (κ2) is 6.09. The van der Waals surface area contributed by atoms with Crippen LogP contribution in [0, 0.1) is 5.41 Å². The van der Waals surface area contributed by atoms with Crippen LogP contribution in [-0.2, 0) is 4.84 Å². The summed E-state index contributed by atoms with van der Waals surface area (Å²) in [6.07, 6.45) is -1.10. The maximum absolute atomic E-state index is 12.9. The van der Waals surface area contributed by atoms with Gasteiger partial charge in [0.2, 0.25) is 0 Å². The normalized spacial score (nSPS) is 19.5. The van der Waals surface area contributed by atoms with Crippen LogP contribution in [0.2, 0.25) is 0 Å². The summed E-state index contributed by atoms with van der Waals surface area (Å²) in [4.78, 5) is 9.77. The number of nitrogens with zero attached hydrogens (tertiary/aromatic N) is 2. The van der Waals surface area contributed by atoms with Crippen molar-refractivity contribution in [1.29, 1.82) is 0 Å². The molecule has 8 heteroatoms. The first-order valence-electron chi connectivity index (χ1n) is 8.23. The summed E-state index contributed by atoms with van der Waals surface area (Å²) in [7, 11) is 0. The van der Waals surface area contributed by atoms with Crippen molar-refractivity contribution in [3.05, 3.63) is 29.8 Å². The van der Waals surface area contributed by atoms with Crippen LogP contribution in [0.1, 0.15) is 52.0 Å². The minimum atomic E-state index is -4.42. The maximum Gasteiger partial charge on any atom is 0.425 e. The summed E-state index contributed by atoms with van der Waals surface area (Å²) >= 11 is 0. The van der Waals surface area contributed by atoms with Gasteiger partial charge in [0, 0.05) is 23.2 Å². The fourth-order valence-corrected chi connectivity index (χ4v) is 2.36. The molecule has 0 unspecified atom stereocenters. The van der Waals surface area contributed by atoms with E-state index in [1.807, 2.05) is 20.8 Å². The van der Waals surface area contributed by atoms with E-state index in [4.69, 9.17) is 9.57 Å². The Bertz CT molecular complexity index is 679. The third-order valence-corrected chi connectivity index (χ3v) is 4.15. The highest BCUT2D eigenvalue weighted by atomic mass is 19.4. The monoisotopic (exact) mass is 357 g/mol. The Labute approximate surface area is 144 Å². The predicted molar refractivity (Wildman–Crippen MR) is 86.6 cm³/mol. The molecular weight excluding hydrogens is 335 g/mol. The van der Waals surface area contributed by atoms with Crippen LogP contribution in [0.25, 0.3) is 0 Å². The number of ether oxygens (including phenoxy) is 1. The topological polar surface area (TPSA) is 46.6 Å². The molecule has 1 saturated carbocycles. The number of aromatic nitrogens is 1. The second-order valence-electron chi connectivity index (χ2n) is 7.46. The molecule has 0 radical (unpaired) electrons. The summed E-state index contributed by atoms with van der Waals surface area (Å²) in [5.41, 5.74) is 3.22. The summed E-state index contributed by atoms with van der Waals surface area (Å²) in [6, 6.07) is 1.52. The molecule has 0 bridgehead atoms. The Morgan fingerprint density at radius 2 is 2.00 bits per heavy atom. The van der Waals surface area contributed by atoms with Gasteiger partial charge >= 0.3 is 6.18 Å². The molecule has 2 aliphatic rings. The van der Waals surface area contributed by atoms with Crippen LogP contribution in [-0.4, -0.2) is 17.3 Å². The standard InChI is InChI=1S/C17H22F3N3O2/c1-10(17(18,19)20)24-13-7-15(21-8-12(13)11-5-6-11)23-9-14(25-22-23)16(2,3)4/h7-11,22H,5-6H2,1-4H3/t10-/m1/s1. The lowest BCUT2D eigenvalue weighted by molar-refractivity contribution is -0.189. The number of halogens is 3. The van der Waals surface area contributed by atoms with E-state index in [2.05, 4.69) is 10.6 Å². The van der Waals surface area contributed by atoms with E-state index in [-0.39, 0.29) is 17.1 Å². The molecule has 138 valence electrons. The molecule has 25 heavy (non-hydrogen) atoms. The lowest BCUT2D eigenvalue weighted by Gasteiger charge is -2.21. The SMILES string of the molecule is C[C@@H](Oc1cc(N2C=C(C(C)(C)C)ON2)ncc1C1CC1)C(F)(F)F. The highest BCUT2D eigenvalue weighted by Crippen LogP contribution is 2.45. The third kappa shape index (κ3) is 4.00. The number of anilines is 1. The third-order valence-electron chi connectivity index (χ3n) is 4.15. The summed E-state index contributed by atoms with van der Waals surface area (Å²) in [5.74, 6) is 1.55. The second-order valence-corrected chi connectivity index (χ2v) is 7.46. The van der Waals surface area contributed by atoms with Gasteiger partial charge in [-0.2, -0.15) is 13.2 Å². The molecule has 0 amide bonds. The number of rotatable bonds is 4.